The molecule has 4 aromatic rings. The number of nitrogens with one attached hydrogen (secondary N) is 2. The summed E-state index contributed by atoms with van der Waals surface area (Å²) in [7, 11) is 0. The molecule has 1 atom stereocenters. The lowest BCUT2D eigenvalue weighted by Crippen LogP contribution is -3.10. The molecule has 0 fully saturated rings. The zero-order valence-electron chi connectivity index (χ0n) is 14.9. The van der Waals surface area contributed by atoms with E-state index in [0.29, 0.717) is 13.1 Å². The second kappa shape index (κ2) is 8.20. The highest BCUT2D eigenvalue weighted by Crippen LogP contribution is 2.22. The van der Waals surface area contributed by atoms with Crippen molar-refractivity contribution in [1.29, 1.82) is 0 Å². The van der Waals surface area contributed by atoms with Crippen LogP contribution in [0.25, 0.3) is 10.8 Å². The van der Waals surface area contributed by atoms with E-state index in [1.807, 2.05) is 48.5 Å². The predicted octanol–water partition coefficient (Wildman–Crippen LogP) is 3.72. The molecule has 5 heteroatoms. The van der Waals surface area contributed by atoms with Gasteiger partial charge in [0.05, 0.1) is 11.1 Å². The van der Waals surface area contributed by atoms with Gasteiger partial charge in [0.1, 0.15) is 13.1 Å². The highest BCUT2D eigenvalue weighted by Gasteiger charge is 2.18. The molecule has 136 valence electrons. The summed E-state index contributed by atoms with van der Waals surface area (Å²) in [6, 6.07) is 22.0. The number of hydrogen-bond acceptors (Lipinski definition) is 3. The molecule has 2 N–H and O–H groups in total. The van der Waals surface area contributed by atoms with Gasteiger partial charge in [0, 0.05) is 11.1 Å². The molecule has 0 aliphatic carbocycles. The van der Waals surface area contributed by atoms with E-state index in [9.17, 15) is 4.79 Å². The van der Waals surface area contributed by atoms with Crippen LogP contribution >= 0.6 is 11.3 Å². The minimum Gasteiger partial charge on any atom is -0.463 e. The molecule has 0 saturated carbocycles. The normalized spacial score (nSPS) is 12.1. The van der Waals surface area contributed by atoms with Crippen LogP contribution in [-0.2, 0) is 17.9 Å². The first kappa shape index (κ1) is 17.5. The first-order chi connectivity index (χ1) is 13.3. The Morgan fingerprint density at radius 2 is 1.85 bits per heavy atom. The SMILES string of the molecule is O=C(C[NH+](Cc1ccco1)Cc1cccs1)Nc1cccc2ccccc12. The van der Waals surface area contributed by atoms with Crippen LogP contribution in [0.15, 0.2) is 82.8 Å². The summed E-state index contributed by atoms with van der Waals surface area (Å²) >= 11 is 1.71. The van der Waals surface area contributed by atoms with Crippen LogP contribution in [0.4, 0.5) is 5.69 Å². The first-order valence-electron chi connectivity index (χ1n) is 8.94. The maximum Gasteiger partial charge on any atom is 0.279 e. The summed E-state index contributed by atoms with van der Waals surface area (Å²) in [4.78, 5) is 15.2. The van der Waals surface area contributed by atoms with Crippen molar-refractivity contribution in [3.63, 3.8) is 0 Å². The number of hydrogen-bond donors (Lipinski definition) is 2. The maximum atomic E-state index is 12.8. The van der Waals surface area contributed by atoms with Gasteiger partial charge in [-0.05, 0) is 35.0 Å². The quantitative estimate of drug-likeness (QED) is 0.516. The molecule has 0 bridgehead atoms. The number of thiophene rings is 1. The lowest BCUT2D eigenvalue weighted by Gasteiger charge is -2.18. The Labute approximate surface area is 162 Å². The van der Waals surface area contributed by atoms with Gasteiger partial charge in [-0.1, -0.05) is 42.5 Å². The summed E-state index contributed by atoms with van der Waals surface area (Å²) in [6.45, 7) is 1.84. The van der Waals surface area contributed by atoms with Gasteiger partial charge < -0.3 is 14.6 Å². The number of carbonyl (C=O) groups excluding carboxylic acids is 1. The molecule has 1 amide bonds. The highest BCUT2D eigenvalue weighted by molar-refractivity contribution is 7.09. The van der Waals surface area contributed by atoms with E-state index in [0.717, 1.165) is 33.7 Å². The topological polar surface area (TPSA) is 46.7 Å². The van der Waals surface area contributed by atoms with Crippen LogP contribution in [0.5, 0.6) is 0 Å². The third kappa shape index (κ3) is 4.45. The van der Waals surface area contributed by atoms with E-state index in [1.165, 1.54) is 4.88 Å². The van der Waals surface area contributed by atoms with Crippen LogP contribution < -0.4 is 10.2 Å². The van der Waals surface area contributed by atoms with Crippen molar-refractivity contribution in [3.05, 3.63) is 89.0 Å². The highest BCUT2D eigenvalue weighted by atomic mass is 32.1. The average Bonchev–Trinajstić information content (AvgIpc) is 3.36. The molecule has 0 aliphatic rings. The second-order valence-corrected chi connectivity index (χ2v) is 7.55. The van der Waals surface area contributed by atoms with Gasteiger partial charge in [0.15, 0.2) is 12.3 Å². The number of amides is 1. The molecule has 2 aromatic heterocycles. The molecule has 0 spiro atoms. The van der Waals surface area contributed by atoms with Crippen LogP contribution in [0.1, 0.15) is 10.6 Å². The van der Waals surface area contributed by atoms with Gasteiger partial charge in [-0.15, -0.1) is 11.3 Å². The predicted molar refractivity (Wildman–Crippen MR) is 109 cm³/mol. The summed E-state index contributed by atoms with van der Waals surface area (Å²) in [5, 5.41) is 7.33. The van der Waals surface area contributed by atoms with Crippen molar-refractivity contribution in [2.45, 2.75) is 13.1 Å². The van der Waals surface area contributed by atoms with Gasteiger partial charge in [-0.3, -0.25) is 4.79 Å². The van der Waals surface area contributed by atoms with Crippen LogP contribution in [0.3, 0.4) is 0 Å². The molecule has 2 aromatic carbocycles. The Morgan fingerprint density at radius 1 is 0.963 bits per heavy atom. The van der Waals surface area contributed by atoms with Crippen molar-refractivity contribution in [2.75, 3.05) is 11.9 Å². The third-order valence-electron chi connectivity index (χ3n) is 4.48. The van der Waals surface area contributed by atoms with E-state index < -0.39 is 0 Å². The minimum absolute atomic E-state index is 0.00413. The molecule has 0 saturated heterocycles. The van der Waals surface area contributed by atoms with Gasteiger partial charge >= 0.3 is 0 Å². The smallest absolute Gasteiger partial charge is 0.279 e. The second-order valence-electron chi connectivity index (χ2n) is 6.51. The van der Waals surface area contributed by atoms with E-state index >= 15 is 0 Å². The van der Waals surface area contributed by atoms with E-state index in [4.69, 9.17) is 4.42 Å². The summed E-state index contributed by atoms with van der Waals surface area (Å²) in [6.07, 6.45) is 1.67. The van der Waals surface area contributed by atoms with E-state index in [-0.39, 0.29) is 5.91 Å². The Morgan fingerprint density at radius 3 is 2.67 bits per heavy atom. The minimum atomic E-state index is 0.00413. The Hall–Kier alpha value is -2.89. The monoisotopic (exact) mass is 377 g/mol. The zero-order valence-corrected chi connectivity index (χ0v) is 15.7. The van der Waals surface area contributed by atoms with Crippen LogP contribution in [0, 0.1) is 0 Å². The third-order valence-corrected chi connectivity index (χ3v) is 5.36. The number of fused-ring (bicyclic) bond motifs is 1. The molecule has 0 aliphatic heterocycles. The maximum absolute atomic E-state index is 12.8. The molecular formula is C22H21N2O2S+. The molecule has 2 heterocycles. The number of anilines is 1. The Bertz CT molecular complexity index is 968. The van der Waals surface area contributed by atoms with Crippen molar-refractivity contribution in [2.24, 2.45) is 0 Å². The summed E-state index contributed by atoms with van der Waals surface area (Å²) < 4.78 is 5.49. The summed E-state index contributed by atoms with van der Waals surface area (Å²) in [5.74, 6) is 0.893. The van der Waals surface area contributed by atoms with Crippen LogP contribution in [-0.4, -0.2) is 12.5 Å². The lowest BCUT2D eigenvalue weighted by atomic mass is 10.1. The van der Waals surface area contributed by atoms with Crippen molar-refractivity contribution < 1.29 is 14.1 Å². The van der Waals surface area contributed by atoms with E-state index in [2.05, 4.69) is 28.9 Å². The molecule has 0 radical (unpaired) electrons. The fourth-order valence-corrected chi connectivity index (χ4v) is 4.04. The van der Waals surface area contributed by atoms with Crippen molar-refractivity contribution in [3.8, 4) is 0 Å². The fraction of sp³-hybridized carbons (Fsp3) is 0.136. The Balaban J connectivity index is 1.48. The Kier molecular flexibility index (Phi) is 5.32. The average molecular weight is 377 g/mol. The van der Waals surface area contributed by atoms with Gasteiger partial charge in [0.2, 0.25) is 0 Å². The number of carbonyl (C=O) groups is 1. The van der Waals surface area contributed by atoms with Gasteiger partial charge in [-0.25, -0.2) is 0 Å². The molecule has 4 nitrogen and oxygen atoms in total. The standard InChI is InChI=1S/C22H20N2O2S/c25-22(23-21-11-3-7-17-6-1-2-10-20(17)21)16-24(14-18-8-4-12-26-18)15-19-9-5-13-27-19/h1-13H,14-16H2,(H,23,25)/p+1. The number of furan rings is 1. The number of rotatable bonds is 7. The molecule has 4 rings (SSSR count). The zero-order chi connectivity index (χ0) is 18.5. The fourth-order valence-electron chi connectivity index (χ4n) is 3.26. The van der Waals surface area contributed by atoms with Crippen molar-refractivity contribution in [1.82, 2.24) is 0 Å². The molecular weight excluding hydrogens is 356 g/mol. The first-order valence-corrected chi connectivity index (χ1v) is 9.82. The van der Waals surface area contributed by atoms with Gasteiger partial charge in [0.25, 0.3) is 5.91 Å². The lowest BCUT2D eigenvalue weighted by molar-refractivity contribution is -0.920. The van der Waals surface area contributed by atoms with Crippen LogP contribution in [0.2, 0.25) is 0 Å². The number of quaternary nitrogens is 1. The van der Waals surface area contributed by atoms with E-state index in [1.54, 1.807) is 17.6 Å². The largest absolute Gasteiger partial charge is 0.463 e. The number of benzene rings is 2. The molecule has 1 unspecified atom stereocenters. The molecule has 27 heavy (non-hydrogen) atoms. The van der Waals surface area contributed by atoms with Gasteiger partial charge in [-0.2, -0.15) is 0 Å². The van der Waals surface area contributed by atoms with Crippen molar-refractivity contribution >= 4 is 33.7 Å². The summed E-state index contributed by atoms with van der Waals surface area (Å²) in [5.41, 5.74) is 0.853.